The van der Waals surface area contributed by atoms with Crippen LogP contribution in [-0.4, -0.2) is 11.5 Å². The third kappa shape index (κ3) is 1.58. The normalized spacial score (nSPS) is 18.9. The fraction of sp³-hybridized carbons (Fsp3) is 0.222. The van der Waals surface area contributed by atoms with Gasteiger partial charge in [0.05, 0.1) is 11.4 Å². The zero-order valence-corrected chi connectivity index (χ0v) is 11.4. The molecule has 0 N–H and O–H groups in total. The first-order valence-electron chi connectivity index (χ1n) is 7.06. The van der Waals surface area contributed by atoms with E-state index in [1.54, 1.807) is 6.92 Å². The van der Waals surface area contributed by atoms with E-state index in [0.29, 0.717) is 5.92 Å². The Labute approximate surface area is 118 Å². The van der Waals surface area contributed by atoms with Crippen LogP contribution in [0.15, 0.2) is 47.5 Å². The van der Waals surface area contributed by atoms with Crippen molar-refractivity contribution in [2.45, 2.75) is 25.7 Å². The molecule has 0 spiro atoms. The van der Waals surface area contributed by atoms with Gasteiger partial charge in [-0.05, 0) is 42.5 Å². The van der Waals surface area contributed by atoms with Crippen LogP contribution in [0.3, 0.4) is 0 Å². The van der Waals surface area contributed by atoms with E-state index < -0.39 is 0 Å². The first kappa shape index (κ1) is 11.6. The predicted octanol–water partition coefficient (Wildman–Crippen LogP) is 4.05. The maximum absolute atomic E-state index is 11.5. The molecule has 98 valence electrons. The molecule has 0 amide bonds. The number of hydrogen-bond donors (Lipinski definition) is 0. The highest BCUT2D eigenvalue weighted by Gasteiger charge is 2.32. The van der Waals surface area contributed by atoms with Crippen molar-refractivity contribution >= 4 is 17.2 Å². The number of Topliss-reactive ketones (excluding diaryl/α,β-unsaturated/α-hetero) is 1. The summed E-state index contributed by atoms with van der Waals surface area (Å²) in [6, 6.07) is 14.5. The van der Waals surface area contributed by atoms with Crippen LogP contribution in [0.25, 0.3) is 0 Å². The molecular formula is C18H15NO. The lowest BCUT2D eigenvalue weighted by Crippen LogP contribution is -2.18. The molecule has 1 heterocycles. The Morgan fingerprint density at radius 1 is 1.20 bits per heavy atom. The molecule has 1 unspecified atom stereocenters. The van der Waals surface area contributed by atoms with Crippen molar-refractivity contribution in [2.75, 3.05) is 0 Å². The van der Waals surface area contributed by atoms with Crippen LogP contribution in [0.2, 0.25) is 0 Å². The number of hydrogen-bond acceptors (Lipinski definition) is 2. The fourth-order valence-electron chi connectivity index (χ4n) is 3.34. The van der Waals surface area contributed by atoms with E-state index in [2.05, 4.69) is 30.3 Å². The zero-order chi connectivity index (χ0) is 13.7. The zero-order valence-electron chi connectivity index (χ0n) is 11.4. The molecule has 0 aromatic heterocycles. The predicted molar refractivity (Wildman–Crippen MR) is 80.1 cm³/mol. The van der Waals surface area contributed by atoms with Gasteiger partial charge in [-0.2, -0.15) is 0 Å². The molecule has 20 heavy (non-hydrogen) atoms. The van der Waals surface area contributed by atoms with Gasteiger partial charge in [-0.1, -0.05) is 36.4 Å². The van der Waals surface area contributed by atoms with Crippen molar-refractivity contribution in [3.05, 3.63) is 64.7 Å². The second kappa shape index (κ2) is 4.14. The van der Waals surface area contributed by atoms with E-state index in [-0.39, 0.29) is 5.78 Å². The van der Waals surface area contributed by atoms with Crippen LogP contribution < -0.4 is 0 Å². The number of carbonyl (C=O) groups excluding carboxylic acids is 1. The van der Waals surface area contributed by atoms with E-state index in [0.717, 1.165) is 24.1 Å². The van der Waals surface area contributed by atoms with Crippen molar-refractivity contribution < 1.29 is 4.79 Å². The monoisotopic (exact) mass is 261 g/mol. The number of aliphatic imine (C=N–C) groups is 1. The number of aryl methyl sites for hydroxylation is 1. The third-order valence-electron chi connectivity index (χ3n) is 4.38. The number of fused-ring (bicyclic) bond motifs is 5. The van der Waals surface area contributed by atoms with Crippen LogP contribution in [0.4, 0.5) is 5.69 Å². The lowest BCUT2D eigenvalue weighted by Gasteiger charge is -2.23. The molecule has 1 aliphatic heterocycles. The van der Waals surface area contributed by atoms with Gasteiger partial charge in [0, 0.05) is 11.5 Å². The maximum Gasteiger partial charge on any atom is 0.159 e. The Morgan fingerprint density at radius 3 is 2.90 bits per heavy atom. The minimum Gasteiger partial charge on any atom is -0.295 e. The van der Waals surface area contributed by atoms with Crippen molar-refractivity contribution in [2.24, 2.45) is 4.99 Å². The van der Waals surface area contributed by atoms with Gasteiger partial charge in [-0.15, -0.1) is 0 Å². The van der Waals surface area contributed by atoms with Crippen molar-refractivity contribution in [3.8, 4) is 0 Å². The van der Waals surface area contributed by atoms with Gasteiger partial charge >= 0.3 is 0 Å². The highest BCUT2D eigenvalue weighted by molar-refractivity contribution is 6.12. The van der Waals surface area contributed by atoms with E-state index in [1.165, 1.54) is 22.4 Å². The molecule has 0 saturated carbocycles. The summed E-state index contributed by atoms with van der Waals surface area (Å²) in [4.78, 5) is 16.3. The van der Waals surface area contributed by atoms with Crippen LogP contribution in [-0.2, 0) is 6.42 Å². The minimum absolute atomic E-state index is 0.100. The summed E-state index contributed by atoms with van der Waals surface area (Å²) < 4.78 is 0. The van der Waals surface area contributed by atoms with Crippen LogP contribution >= 0.6 is 0 Å². The molecule has 0 saturated heterocycles. The minimum atomic E-state index is 0.100. The smallest absolute Gasteiger partial charge is 0.159 e. The third-order valence-corrected chi connectivity index (χ3v) is 4.38. The number of rotatable bonds is 1. The van der Waals surface area contributed by atoms with Gasteiger partial charge in [0.25, 0.3) is 0 Å². The molecule has 2 aliphatic rings. The molecule has 0 radical (unpaired) electrons. The quantitative estimate of drug-likeness (QED) is 0.712. The molecular weight excluding hydrogens is 246 g/mol. The van der Waals surface area contributed by atoms with Gasteiger partial charge < -0.3 is 0 Å². The molecule has 2 aromatic carbocycles. The number of nitrogens with zero attached hydrogens (tertiary/aromatic N) is 1. The SMILES string of the molecule is CC(=O)c1ccc2c(c1)N=C1c3ccccc3CCC12. The Balaban J connectivity index is 1.87. The van der Waals surface area contributed by atoms with Crippen molar-refractivity contribution in [3.63, 3.8) is 0 Å². The largest absolute Gasteiger partial charge is 0.295 e. The first-order valence-corrected chi connectivity index (χ1v) is 7.06. The molecule has 0 fully saturated rings. The summed E-state index contributed by atoms with van der Waals surface area (Å²) in [5.41, 5.74) is 6.86. The second-order valence-corrected chi connectivity index (χ2v) is 5.58. The van der Waals surface area contributed by atoms with Crippen LogP contribution in [0, 0.1) is 0 Å². The summed E-state index contributed by atoms with van der Waals surface area (Å²) in [5.74, 6) is 0.504. The summed E-state index contributed by atoms with van der Waals surface area (Å²) >= 11 is 0. The average molecular weight is 261 g/mol. The van der Waals surface area contributed by atoms with Crippen molar-refractivity contribution in [1.29, 1.82) is 0 Å². The van der Waals surface area contributed by atoms with Crippen LogP contribution in [0.1, 0.15) is 46.3 Å². The Bertz CT molecular complexity index is 758. The number of carbonyl (C=O) groups is 1. The molecule has 2 aromatic rings. The van der Waals surface area contributed by atoms with Gasteiger partial charge in [0.15, 0.2) is 5.78 Å². The highest BCUT2D eigenvalue weighted by Crippen LogP contribution is 2.43. The highest BCUT2D eigenvalue weighted by atomic mass is 16.1. The van der Waals surface area contributed by atoms with E-state index in [4.69, 9.17) is 4.99 Å². The molecule has 0 bridgehead atoms. The lowest BCUT2D eigenvalue weighted by molar-refractivity contribution is 0.101. The summed E-state index contributed by atoms with van der Waals surface area (Å²) in [6.45, 7) is 1.60. The standard InChI is InChI=1S/C18H15NO/c1-11(20)13-7-8-15-16-9-6-12-4-2-3-5-14(12)18(16)19-17(15)10-13/h2-5,7-8,10,16H,6,9H2,1H3. The van der Waals surface area contributed by atoms with E-state index in [1.807, 2.05) is 12.1 Å². The second-order valence-electron chi connectivity index (χ2n) is 5.58. The van der Waals surface area contributed by atoms with Gasteiger partial charge in [0.1, 0.15) is 0 Å². The molecule has 2 nitrogen and oxygen atoms in total. The van der Waals surface area contributed by atoms with E-state index in [9.17, 15) is 4.79 Å². The van der Waals surface area contributed by atoms with Gasteiger partial charge in [-0.3, -0.25) is 9.79 Å². The Kier molecular flexibility index (Phi) is 2.40. The molecule has 2 heteroatoms. The molecule has 1 aliphatic carbocycles. The summed E-state index contributed by atoms with van der Waals surface area (Å²) in [5, 5.41) is 0. The fourth-order valence-corrected chi connectivity index (χ4v) is 3.34. The lowest BCUT2D eigenvalue weighted by atomic mass is 9.80. The maximum atomic E-state index is 11.5. The average Bonchev–Trinajstić information content (AvgIpc) is 2.85. The topological polar surface area (TPSA) is 29.4 Å². The number of benzene rings is 2. The summed E-state index contributed by atoms with van der Waals surface area (Å²) in [6.07, 6.45) is 2.22. The number of ketones is 1. The first-order chi connectivity index (χ1) is 9.74. The Morgan fingerprint density at radius 2 is 2.05 bits per heavy atom. The summed E-state index contributed by atoms with van der Waals surface area (Å²) in [7, 11) is 0. The van der Waals surface area contributed by atoms with Crippen LogP contribution in [0.5, 0.6) is 0 Å². The van der Waals surface area contributed by atoms with E-state index >= 15 is 0 Å². The van der Waals surface area contributed by atoms with Gasteiger partial charge in [-0.25, -0.2) is 0 Å². The Hall–Kier alpha value is -2.22. The molecule has 4 rings (SSSR count). The van der Waals surface area contributed by atoms with Gasteiger partial charge in [0.2, 0.25) is 0 Å². The van der Waals surface area contributed by atoms with Crippen molar-refractivity contribution in [1.82, 2.24) is 0 Å². The molecule has 1 atom stereocenters.